The molecule has 0 saturated heterocycles. The van der Waals surface area contributed by atoms with E-state index in [4.69, 9.17) is 11.6 Å². The van der Waals surface area contributed by atoms with Gasteiger partial charge < -0.3 is 4.74 Å². The second kappa shape index (κ2) is 3.19. The molecule has 2 unspecified atom stereocenters. The standard InChI is InChI=1S/C6H8ClFO2/c7-6(10-3-9)5(8)4-1-2-4/h3-6H,1-2H2. The number of hydrogen-bond donors (Lipinski definition) is 0. The fourth-order valence-corrected chi connectivity index (χ4v) is 1.00. The highest BCUT2D eigenvalue weighted by Crippen LogP contribution is 2.37. The topological polar surface area (TPSA) is 26.3 Å². The van der Waals surface area contributed by atoms with Crippen molar-refractivity contribution >= 4 is 18.1 Å². The van der Waals surface area contributed by atoms with Gasteiger partial charge in [0.25, 0.3) is 6.47 Å². The lowest BCUT2D eigenvalue weighted by Gasteiger charge is -2.10. The predicted octanol–water partition coefficient (Wildman–Crippen LogP) is 1.47. The Labute approximate surface area is 63.3 Å². The molecule has 0 amide bonds. The lowest BCUT2D eigenvalue weighted by molar-refractivity contribution is -0.132. The zero-order chi connectivity index (χ0) is 7.56. The third kappa shape index (κ3) is 1.84. The lowest BCUT2D eigenvalue weighted by Crippen LogP contribution is -2.20. The molecule has 0 bridgehead atoms. The first-order valence-corrected chi connectivity index (χ1v) is 3.56. The van der Waals surface area contributed by atoms with E-state index in [9.17, 15) is 9.18 Å². The average molecular weight is 167 g/mol. The van der Waals surface area contributed by atoms with Gasteiger partial charge in [-0.25, -0.2) is 4.39 Å². The summed E-state index contributed by atoms with van der Waals surface area (Å²) < 4.78 is 17.0. The summed E-state index contributed by atoms with van der Waals surface area (Å²) in [6.07, 6.45) is 0.519. The number of carbonyl (C=O) groups excluding carboxylic acids is 1. The molecule has 1 aliphatic rings. The molecule has 0 heterocycles. The summed E-state index contributed by atoms with van der Waals surface area (Å²) in [5.41, 5.74) is -1.09. The maximum absolute atomic E-state index is 12.8. The highest BCUT2D eigenvalue weighted by atomic mass is 35.5. The van der Waals surface area contributed by atoms with Crippen LogP contribution in [0, 0.1) is 5.92 Å². The SMILES string of the molecule is O=COC(Cl)C(F)C1CC1. The van der Waals surface area contributed by atoms with Crippen LogP contribution in [0.4, 0.5) is 4.39 Å². The van der Waals surface area contributed by atoms with Crippen LogP contribution in [-0.4, -0.2) is 18.2 Å². The highest BCUT2D eigenvalue weighted by Gasteiger charge is 2.37. The van der Waals surface area contributed by atoms with Gasteiger partial charge in [0.1, 0.15) is 0 Å². The van der Waals surface area contributed by atoms with Gasteiger partial charge >= 0.3 is 0 Å². The van der Waals surface area contributed by atoms with Crippen molar-refractivity contribution in [1.82, 2.24) is 0 Å². The Morgan fingerprint density at radius 2 is 2.30 bits per heavy atom. The summed E-state index contributed by atoms with van der Waals surface area (Å²) in [4.78, 5) is 9.69. The number of halogens is 2. The van der Waals surface area contributed by atoms with E-state index in [1.165, 1.54) is 0 Å². The Balaban J connectivity index is 2.23. The zero-order valence-electron chi connectivity index (χ0n) is 5.30. The van der Waals surface area contributed by atoms with Crippen molar-refractivity contribution in [1.29, 1.82) is 0 Å². The van der Waals surface area contributed by atoms with Crippen molar-refractivity contribution in [2.45, 2.75) is 24.6 Å². The van der Waals surface area contributed by atoms with Gasteiger partial charge in [-0.05, 0) is 18.8 Å². The molecule has 1 rings (SSSR count). The first-order valence-electron chi connectivity index (χ1n) is 3.13. The van der Waals surface area contributed by atoms with E-state index >= 15 is 0 Å². The molecule has 1 fully saturated rings. The Kier molecular flexibility index (Phi) is 2.49. The molecular weight excluding hydrogens is 159 g/mol. The molecule has 0 aromatic heterocycles. The fourth-order valence-electron chi connectivity index (χ4n) is 0.757. The van der Waals surface area contributed by atoms with Crippen molar-refractivity contribution in [2.24, 2.45) is 5.92 Å². The lowest BCUT2D eigenvalue weighted by atomic mass is 10.3. The molecule has 1 saturated carbocycles. The molecule has 0 aromatic rings. The number of hydrogen-bond acceptors (Lipinski definition) is 2. The van der Waals surface area contributed by atoms with Gasteiger partial charge in [-0.3, -0.25) is 4.79 Å². The molecule has 10 heavy (non-hydrogen) atoms. The van der Waals surface area contributed by atoms with Crippen molar-refractivity contribution in [3.63, 3.8) is 0 Å². The Hall–Kier alpha value is -0.310. The van der Waals surface area contributed by atoms with Crippen LogP contribution in [-0.2, 0) is 9.53 Å². The van der Waals surface area contributed by atoms with Crippen LogP contribution >= 0.6 is 11.6 Å². The van der Waals surface area contributed by atoms with Crippen LogP contribution in [0.15, 0.2) is 0 Å². The second-order valence-corrected chi connectivity index (χ2v) is 2.80. The number of alkyl halides is 2. The molecule has 0 radical (unpaired) electrons. The highest BCUT2D eigenvalue weighted by molar-refractivity contribution is 6.20. The minimum Gasteiger partial charge on any atom is -0.445 e. The normalized spacial score (nSPS) is 23.4. The molecule has 4 heteroatoms. The smallest absolute Gasteiger partial charge is 0.294 e. The first kappa shape index (κ1) is 7.79. The van der Waals surface area contributed by atoms with Crippen LogP contribution in [0.25, 0.3) is 0 Å². The zero-order valence-corrected chi connectivity index (χ0v) is 6.05. The van der Waals surface area contributed by atoms with Gasteiger partial charge in [0.15, 0.2) is 6.17 Å². The molecule has 0 aromatic carbocycles. The molecule has 0 N–H and O–H groups in total. The maximum Gasteiger partial charge on any atom is 0.294 e. The van der Waals surface area contributed by atoms with Crippen molar-refractivity contribution < 1.29 is 13.9 Å². The molecule has 2 atom stereocenters. The van der Waals surface area contributed by atoms with E-state index in [-0.39, 0.29) is 12.4 Å². The van der Waals surface area contributed by atoms with Gasteiger partial charge in [-0.2, -0.15) is 0 Å². The largest absolute Gasteiger partial charge is 0.445 e. The van der Waals surface area contributed by atoms with Gasteiger partial charge in [-0.15, -0.1) is 0 Å². The summed E-state index contributed by atoms with van der Waals surface area (Å²) in [6.45, 7) is 0.173. The van der Waals surface area contributed by atoms with Crippen molar-refractivity contribution in [3.8, 4) is 0 Å². The second-order valence-electron chi connectivity index (χ2n) is 2.37. The number of ether oxygens (including phenoxy) is 1. The molecule has 2 nitrogen and oxygen atoms in total. The Morgan fingerprint density at radius 3 is 2.70 bits per heavy atom. The van der Waals surface area contributed by atoms with E-state index in [2.05, 4.69) is 4.74 Å². The number of carbonyl (C=O) groups is 1. The van der Waals surface area contributed by atoms with Crippen LogP contribution in [0.5, 0.6) is 0 Å². The minimum atomic E-state index is -1.19. The summed E-state index contributed by atoms with van der Waals surface area (Å²) in [5, 5.41) is 0. The molecule has 58 valence electrons. The van der Waals surface area contributed by atoms with Crippen LogP contribution < -0.4 is 0 Å². The Bertz CT molecular complexity index is 127. The van der Waals surface area contributed by atoms with Gasteiger partial charge in [-0.1, -0.05) is 11.6 Å². The third-order valence-electron chi connectivity index (χ3n) is 1.51. The third-order valence-corrected chi connectivity index (χ3v) is 1.85. The van der Waals surface area contributed by atoms with Crippen LogP contribution in [0.3, 0.4) is 0 Å². The van der Waals surface area contributed by atoms with E-state index in [1.807, 2.05) is 0 Å². The summed E-state index contributed by atoms with van der Waals surface area (Å²) in [7, 11) is 0. The number of rotatable bonds is 4. The minimum absolute atomic E-state index is 0.0162. The van der Waals surface area contributed by atoms with Gasteiger partial charge in [0, 0.05) is 0 Å². The van der Waals surface area contributed by atoms with Gasteiger partial charge in [0.2, 0.25) is 5.56 Å². The predicted molar refractivity (Wildman–Crippen MR) is 34.4 cm³/mol. The van der Waals surface area contributed by atoms with Crippen molar-refractivity contribution in [2.75, 3.05) is 0 Å². The molecule has 1 aliphatic carbocycles. The van der Waals surface area contributed by atoms with Gasteiger partial charge in [0.05, 0.1) is 0 Å². The molecule has 0 aliphatic heterocycles. The summed E-state index contributed by atoms with van der Waals surface area (Å²) >= 11 is 5.34. The van der Waals surface area contributed by atoms with E-state index < -0.39 is 11.7 Å². The van der Waals surface area contributed by atoms with E-state index in [1.54, 1.807) is 0 Å². The molecule has 0 spiro atoms. The van der Waals surface area contributed by atoms with E-state index in [0.29, 0.717) is 0 Å². The monoisotopic (exact) mass is 166 g/mol. The summed E-state index contributed by atoms with van der Waals surface area (Å²) in [5.74, 6) is 0.0162. The maximum atomic E-state index is 12.8. The average Bonchev–Trinajstić information content (AvgIpc) is 2.68. The quantitative estimate of drug-likeness (QED) is 0.467. The van der Waals surface area contributed by atoms with Crippen LogP contribution in [0.2, 0.25) is 0 Å². The Morgan fingerprint density at radius 1 is 1.70 bits per heavy atom. The molecular formula is C6H8ClFO2. The van der Waals surface area contributed by atoms with Crippen molar-refractivity contribution in [3.05, 3.63) is 0 Å². The van der Waals surface area contributed by atoms with E-state index in [0.717, 1.165) is 12.8 Å². The first-order chi connectivity index (χ1) is 4.75. The fraction of sp³-hybridized carbons (Fsp3) is 0.833. The van der Waals surface area contributed by atoms with Crippen LogP contribution in [0.1, 0.15) is 12.8 Å². The summed E-state index contributed by atoms with van der Waals surface area (Å²) in [6, 6.07) is 0.